The van der Waals surface area contributed by atoms with Gasteiger partial charge in [0.15, 0.2) is 0 Å². The maximum atomic E-state index is 13.6. The van der Waals surface area contributed by atoms with E-state index >= 15 is 0 Å². The topological polar surface area (TPSA) is 116 Å². The molecule has 1 N–H and O–H groups in total. The second-order valence-electron chi connectivity index (χ2n) is 8.53. The molecule has 9 nitrogen and oxygen atoms in total. The van der Waals surface area contributed by atoms with E-state index in [-0.39, 0.29) is 45.2 Å². The van der Waals surface area contributed by atoms with Crippen LogP contribution in [0.3, 0.4) is 0 Å². The Morgan fingerprint density at radius 3 is 2.56 bits per heavy atom. The minimum Gasteiger partial charge on any atom is -0.457 e. The number of non-ortho nitro benzene ring substituents is 1. The zero-order valence-electron chi connectivity index (χ0n) is 20.2. The molecule has 1 amide bonds. The van der Waals surface area contributed by atoms with Crippen LogP contribution in [0.25, 0.3) is 10.2 Å². The van der Waals surface area contributed by atoms with Crippen LogP contribution in [-0.2, 0) is 6.54 Å². The third kappa shape index (κ3) is 5.50. The van der Waals surface area contributed by atoms with Gasteiger partial charge in [0, 0.05) is 12.1 Å². The Morgan fingerprint density at radius 2 is 1.85 bits per heavy atom. The number of nitrogens with zero attached hydrogens (tertiary/aromatic N) is 3. The molecule has 0 aliphatic rings. The lowest BCUT2D eigenvalue weighted by atomic mass is 10.2. The van der Waals surface area contributed by atoms with Gasteiger partial charge < -0.3 is 10.1 Å². The molecular weight excluding hydrogens is 530 g/mol. The number of nitro benzene ring substituents is 1. The minimum absolute atomic E-state index is 0.0565. The standard InChI is InChI=1S/C27H18F2N4O5S/c1-15-23-26(30-14-32(27(23)35)13-16-3-2-4-18(29)9-16)39-24(15)25(34)31-19-10-20(33(36)37)12-22(11-19)38-21-7-5-17(28)6-8-21/h2-12,14H,13H2,1H3,(H,31,34). The molecule has 0 bridgehead atoms. The number of carbonyl (C=O) groups excluding carboxylic acids is 1. The Balaban J connectivity index is 1.44. The highest BCUT2D eigenvalue weighted by Gasteiger charge is 2.21. The van der Waals surface area contributed by atoms with Gasteiger partial charge in [0.25, 0.3) is 17.2 Å². The first-order valence-corrected chi connectivity index (χ1v) is 12.3. The summed E-state index contributed by atoms with van der Waals surface area (Å²) in [5, 5.41) is 14.3. The highest BCUT2D eigenvalue weighted by molar-refractivity contribution is 7.20. The number of anilines is 1. The molecule has 2 heterocycles. The van der Waals surface area contributed by atoms with Gasteiger partial charge in [0.05, 0.1) is 39.8 Å². The van der Waals surface area contributed by atoms with Gasteiger partial charge >= 0.3 is 0 Å². The van der Waals surface area contributed by atoms with E-state index in [1.165, 1.54) is 65.5 Å². The number of benzene rings is 3. The van der Waals surface area contributed by atoms with E-state index in [0.29, 0.717) is 16.0 Å². The van der Waals surface area contributed by atoms with Crippen molar-refractivity contribution in [1.29, 1.82) is 0 Å². The number of hydrogen-bond donors (Lipinski definition) is 1. The SMILES string of the molecule is Cc1c(C(=O)Nc2cc(Oc3ccc(F)cc3)cc([N+](=O)[O-])c2)sc2ncn(Cc3cccc(F)c3)c(=O)c12. The first-order chi connectivity index (χ1) is 18.7. The average Bonchev–Trinajstić information content (AvgIpc) is 3.24. The third-order valence-corrected chi connectivity index (χ3v) is 6.97. The number of thiophene rings is 1. The predicted molar refractivity (Wildman–Crippen MR) is 142 cm³/mol. The molecule has 0 atom stereocenters. The summed E-state index contributed by atoms with van der Waals surface area (Å²) < 4.78 is 33.7. The van der Waals surface area contributed by atoms with Crippen molar-refractivity contribution in [2.24, 2.45) is 0 Å². The monoisotopic (exact) mass is 548 g/mol. The number of fused-ring (bicyclic) bond motifs is 1. The molecule has 0 radical (unpaired) electrons. The zero-order valence-corrected chi connectivity index (χ0v) is 21.0. The van der Waals surface area contributed by atoms with Crippen LogP contribution in [0.5, 0.6) is 11.5 Å². The number of aryl methyl sites for hydroxylation is 1. The number of hydrogen-bond acceptors (Lipinski definition) is 7. The molecule has 39 heavy (non-hydrogen) atoms. The Morgan fingerprint density at radius 1 is 1.08 bits per heavy atom. The molecule has 12 heteroatoms. The van der Waals surface area contributed by atoms with Gasteiger partial charge in [0.1, 0.15) is 28.0 Å². The predicted octanol–water partition coefficient (Wildman–Crippen LogP) is 6.05. The van der Waals surface area contributed by atoms with E-state index < -0.39 is 22.5 Å². The lowest BCUT2D eigenvalue weighted by Gasteiger charge is -2.09. The smallest absolute Gasteiger partial charge is 0.275 e. The van der Waals surface area contributed by atoms with Crippen LogP contribution < -0.4 is 15.6 Å². The van der Waals surface area contributed by atoms with E-state index in [2.05, 4.69) is 10.3 Å². The van der Waals surface area contributed by atoms with E-state index in [1.54, 1.807) is 19.1 Å². The molecule has 0 aliphatic carbocycles. The van der Waals surface area contributed by atoms with E-state index in [4.69, 9.17) is 4.74 Å². The molecule has 5 aromatic rings. The van der Waals surface area contributed by atoms with Crippen LogP contribution in [0.15, 0.2) is 77.9 Å². The zero-order chi connectivity index (χ0) is 27.7. The molecule has 0 aliphatic heterocycles. The number of halogens is 2. The molecule has 0 unspecified atom stereocenters. The Hall–Kier alpha value is -4.97. The van der Waals surface area contributed by atoms with Gasteiger partial charge in [-0.25, -0.2) is 13.8 Å². The van der Waals surface area contributed by atoms with Crippen molar-refractivity contribution in [2.45, 2.75) is 13.5 Å². The number of amides is 1. The van der Waals surface area contributed by atoms with Gasteiger partial charge in [-0.1, -0.05) is 12.1 Å². The second kappa shape index (κ2) is 10.4. The molecule has 2 aromatic heterocycles. The Kier molecular flexibility index (Phi) is 6.86. The Bertz CT molecular complexity index is 1800. The Labute approximate surface area is 223 Å². The number of aromatic nitrogens is 2. The first-order valence-electron chi connectivity index (χ1n) is 11.4. The molecular formula is C27H18F2N4O5S. The molecule has 5 rings (SSSR count). The van der Waals surface area contributed by atoms with Crippen molar-refractivity contribution in [3.63, 3.8) is 0 Å². The largest absolute Gasteiger partial charge is 0.457 e. The molecule has 3 aromatic carbocycles. The van der Waals surface area contributed by atoms with Crippen molar-refractivity contribution in [3.8, 4) is 11.5 Å². The average molecular weight is 549 g/mol. The van der Waals surface area contributed by atoms with Crippen LogP contribution in [0, 0.1) is 28.7 Å². The third-order valence-electron chi connectivity index (χ3n) is 5.77. The van der Waals surface area contributed by atoms with Crippen molar-refractivity contribution < 1.29 is 23.2 Å². The lowest BCUT2D eigenvalue weighted by molar-refractivity contribution is -0.384. The van der Waals surface area contributed by atoms with Gasteiger partial charge in [-0.15, -0.1) is 11.3 Å². The summed E-state index contributed by atoms with van der Waals surface area (Å²) in [5.74, 6) is -1.19. The van der Waals surface area contributed by atoms with E-state index in [1.807, 2.05) is 0 Å². The van der Waals surface area contributed by atoms with E-state index in [9.17, 15) is 28.5 Å². The second-order valence-corrected chi connectivity index (χ2v) is 9.53. The lowest BCUT2D eigenvalue weighted by Crippen LogP contribution is -2.21. The van der Waals surface area contributed by atoms with Crippen molar-refractivity contribution in [1.82, 2.24) is 9.55 Å². The van der Waals surface area contributed by atoms with Crippen molar-refractivity contribution in [3.05, 3.63) is 121 Å². The molecule has 0 saturated heterocycles. The summed E-state index contributed by atoms with van der Waals surface area (Å²) in [5.41, 5.74) is 0.335. The molecule has 196 valence electrons. The van der Waals surface area contributed by atoms with Crippen LogP contribution >= 0.6 is 11.3 Å². The van der Waals surface area contributed by atoms with Gasteiger partial charge in [-0.05, 0) is 54.4 Å². The van der Waals surface area contributed by atoms with Crippen molar-refractivity contribution >= 4 is 38.8 Å². The van der Waals surface area contributed by atoms with E-state index in [0.717, 1.165) is 11.3 Å². The highest BCUT2D eigenvalue weighted by atomic mass is 32.1. The highest BCUT2D eigenvalue weighted by Crippen LogP contribution is 2.32. The van der Waals surface area contributed by atoms with Gasteiger partial charge in [0.2, 0.25) is 0 Å². The van der Waals surface area contributed by atoms with Gasteiger partial charge in [-0.3, -0.25) is 24.3 Å². The molecule has 0 saturated carbocycles. The summed E-state index contributed by atoms with van der Waals surface area (Å²) in [4.78, 5) is 42.1. The minimum atomic E-state index is -0.636. The summed E-state index contributed by atoms with van der Waals surface area (Å²) in [6.45, 7) is 1.71. The van der Waals surface area contributed by atoms with Crippen LogP contribution in [-0.4, -0.2) is 20.4 Å². The normalized spacial score (nSPS) is 10.9. The fraction of sp³-hybridized carbons (Fsp3) is 0.0741. The fourth-order valence-corrected chi connectivity index (χ4v) is 5.00. The number of ether oxygens (including phenoxy) is 1. The quantitative estimate of drug-likeness (QED) is 0.196. The number of nitro groups is 1. The van der Waals surface area contributed by atoms with Crippen molar-refractivity contribution in [2.75, 3.05) is 5.32 Å². The van der Waals surface area contributed by atoms with Gasteiger partial charge in [-0.2, -0.15) is 0 Å². The molecule has 0 fully saturated rings. The maximum Gasteiger partial charge on any atom is 0.275 e. The van der Waals surface area contributed by atoms with Crippen LogP contribution in [0.4, 0.5) is 20.2 Å². The van der Waals surface area contributed by atoms with Crippen LogP contribution in [0.2, 0.25) is 0 Å². The molecule has 0 spiro atoms. The van der Waals surface area contributed by atoms with Crippen LogP contribution in [0.1, 0.15) is 20.8 Å². The first kappa shape index (κ1) is 25.7. The summed E-state index contributed by atoms with van der Waals surface area (Å²) in [6, 6.07) is 14.7. The summed E-state index contributed by atoms with van der Waals surface area (Å²) in [6.07, 6.45) is 1.34. The summed E-state index contributed by atoms with van der Waals surface area (Å²) >= 11 is 1.00. The number of rotatable bonds is 7. The number of nitrogens with one attached hydrogen (secondary N) is 1. The maximum absolute atomic E-state index is 13.6. The summed E-state index contributed by atoms with van der Waals surface area (Å²) in [7, 11) is 0. The fourth-order valence-electron chi connectivity index (χ4n) is 3.97. The number of carbonyl (C=O) groups is 1.